The Bertz CT molecular complexity index is 3000. The summed E-state index contributed by atoms with van der Waals surface area (Å²) in [6, 6.07) is 18.2. The molecule has 1 aromatic heterocycles. The second-order valence-corrected chi connectivity index (χ2v) is 23.9. The van der Waals surface area contributed by atoms with Gasteiger partial charge in [0.15, 0.2) is 17.3 Å². The topological polar surface area (TPSA) is 202 Å². The Balaban J connectivity index is 0.849. The van der Waals surface area contributed by atoms with Crippen molar-refractivity contribution in [2.45, 2.75) is 139 Å². The predicted octanol–water partition coefficient (Wildman–Crippen LogP) is 7.51. The maximum atomic E-state index is 14.9. The van der Waals surface area contributed by atoms with E-state index in [-0.39, 0.29) is 60.3 Å². The number of aromatic hydroxyl groups is 1. The third-order valence-corrected chi connectivity index (χ3v) is 20.5. The van der Waals surface area contributed by atoms with E-state index >= 15 is 0 Å². The van der Waals surface area contributed by atoms with Crippen molar-refractivity contribution in [2.24, 2.45) is 52.6 Å². The summed E-state index contributed by atoms with van der Waals surface area (Å²) in [7, 11) is 1.50. The van der Waals surface area contributed by atoms with Crippen molar-refractivity contribution in [1.82, 2.24) is 20.9 Å². The number of fused-ring (bicyclic) bond motifs is 3. The van der Waals surface area contributed by atoms with Crippen molar-refractivity contribution in [3.8, 4) is 23.3 Å². The summed E-state index contributed by atoms with van der Waals surface area (Å²) in [5.41, 5.74) is 14.0. The zero-order valence-electron chi connectivity index (χ0n) is 43.9. The largest absolute Gasteiger partial charge is 0.504 e. The molecule has 75 heavy (non-hydrogen) atoms. The van der Waals surface area contributed by atoms with Crippen LogP contribution in [0.25, 0.3) is 10.8 Å². The van der Waals surface area contributed by atoms with Crippen molar-refractivity contribution in [3.05, 3.63) is 117 Å². The van der Waals surface area contributed by atoms with Crippen LogP contribution >= 0.6 is 0 Å². The Morgan fingerprint density at radius 1 is 0.947 bits per heavy atom. The smallest absolute Gasteiger partial charge is 0.160 e. The first-order chi connectivity index (χ1) is 36.4. The number of rotatable bonds is 13. The van der Waals surface area contributed by atoms with E-state index in [1.165, 1.54) is 29.5 Å². The lowest BCUT2D eigenvalue weighted by molar-refractivity contribution is -0.138. The van der Waals surface area contributed by atoms with E-state index in [0.717, 1.165) is 79.2 Å². The van der Waals surface area contributed by atoms with Gasteiger partial charge < -0.3 is 51.8 Å². The number of allylic oxidation sites excluding steroid dienone is 2. The number of aliphatic hydroxyl groups excluding tert-OH is 3. The van der Waals surface area contributed by atoms with Gasteiger partial charge in [0, 0.05) is 66.9 Å². The van der Waals surface area contributed by atoms with Crippen LogP contribution in [0.1, 0.15) is 135 Å². The Morgan fingerprint density at radius 3 is 2.59 bits per heavy atom. The van der Waals surface area contributed by atoms with Crippen molar-refractivity contribution < 1.29 is 34.8 Å². The minimum absolute atomic E-state index is 0.0335. The number of aromatic nitrogens is 1. The first-order valence-corrected chi connectivity index (χ1v) is 28.5. The van der Waals surface area contributed by atoms with Crippen LogP contribution in [-0.4, -0.2) is 94.6 Å². The first-order valence-electron chi connectivity index (χ1n) is 28.5. The van der Waals surface area contributed by atoms with E-state index in [1.807, 2.05) is 18.2 Å². The minimum Gasteiger partial charge on any atom is -0.504 e. The average molecular weight is 1020 g/mol. The summed E-state index contributed by atoms with van der Waals surface area (Å²) in [6.07, 6.45) is 7.58. The van der Waals surface area contributed by atoms with E-state index in [0.29, 0.717) is 90.8 Å². The van der Waals surface area contributed by atoms with Crippen LogP contribution in [-0.2, 0) is 22.4 Å². The van der Waals surface area contributed by atoms with Gasteiger partial charge in [-0.3, -0.25) is 9.59 Å². The number of ketones is 2. The lowest BCUT2D eigenvalue weighted by Crippen LogP contribution is -2.65. The monoisotopic (exact) mass is 1020 g/mol. The molecule has 12 rings (SSSR count). The number of phenols is 1. The van der Waals surface area contributed by atoms with Crippen LogP contribution in [0.5, 0.6) is 11.5 Å². The number of dihydropyridines is 1. The van der Waals surface area contributed by atoms with E-state index < -0.39 is 29.6 Å². The van der Waals surface area contributed by atoms with E-state index in [1.54, 1.807) is 12.1 Å². The molecule has 0 unspecified atom stereocenters. The van der Waals surface area contributed by atoms with Crippen molar-refractivity contribution in [2.75, 3.05) is 33.3 Å². The minimum atomic E-state index is -1.31. The number of aliphatic hydroxyl groups is 3. The number of hydrogen-bond donors (Lipinski definition) is 9. The average Bonchev–Trinajstić information content (AvgIpc) is 3.88. The highest BCUT2D eigenvalue weighted by atomic mass is 16.5. The summed E-state index contributed by atoms with van der Waals surface area (Å²) in [5, 5.41) is 61.8. The van der Waals surface area contributed by atoms with Gasteiger partial charge in [0.2, 0.25) is 0 Å². The highest BCUT2D eigenvalue weighted by Crippen LogP contribution is 2.66. The standard InChI is InChI=1S/C63H77N5O7/c1-4-33-29-67-56(64)27-46(33)45(36-11-10-34-8-6-7-9-35(34)20-36)26-51(71)50(70)22-38-16-18-63(54(73)15-13-37-23-53(75-3)52(72)25-43(37)38)19-17-39(24-55(63)74)44-21-41-31-66-48-28-49(69)42-14-12-40-30-68-62-58(40)59(42)61(48)57(41)60(62)47(44)32-65-5-2/h6-11,20,23,25,27,30,38-39,41-42,44-45,47-48,50-51,55,57,59-61,65-68,70-72,74H,4-5,12-15,17,19,21-22,24,26,28-29,31-32,64H2,1-3H3/t38-,39+,41-,42-,44-,45-,47-,48+,50+,51-,55-,57-,59+,60-,61+,63-/m1/s1. The molecule has 3 heterocycles. The molecule has 12 heteroatoms. The van der Waals surface area contributed by atoms with Gasteiger partial charge in [0.1, 0.15) is 11.2 Å². The summed E-state index contributed by atoms with van der Waals surface area (Å²) in [4.78, 5) is 32.5. The molecule has 2 aliphatic heterocycles. The van der Waals surface area contributed by atoms with Gasteiger partial charge in [-0.25, -0.2) is 0 Å². The maximum absolute atomic E-state index is 14.9. The molecule has 396 valence electrons. The highest BCUT2D eigenvalue weighted by Gasteiger charge is 2.63. The number of carbonyl (C=O) groups excluding carboxylic acids is 2. The number of hydrogen-bond acceptors (Lipinski definition) is 11. The molecule has 1 saturated heterocycles. The van der Waals surface area contributed by atoms with Gasteiger partial charge >= 0.3 is 0 Å². The second kappa shape index (κ2) is 20.2. The van der Waals surface area contributed by atoms with E-state index in [9.17, 15) is 30.0 Å². The number of Topliss-reactive ketones (excluding diaryl/α,β-unsaturated/α-hetero) is 2. The molecule has 3 aromatic carbocycles. The summed E-state index contributed by atoms with van der Waals surface area (Å²) in [5.74, 6) is 10.0. The normalized spacial score (nSPS) is 33.9. The number of carbonyl (C=O) groups is 2. The van der Waals surface area contributed by atoms with Crippen LogP contribution < -0.4 is 26.4 Å². The number of aromatic amines is 1. The second-order valence-electron chi connectivity index (χ2n) is 23.9. The van der Waals surface area contributed by atoms with Crippen molar-refractivity contribution in [1.29, 1.82) is 0 Å². The molecule has 1 spiro atoms. The molecular formula is C63H77N5O7. The summed E-state index contributed by atoms with van der Waals surface area (Å²) >= 11 is 0. The number of ether oxygens (including phenoxy) is 1. The molecular weight excluding hydrogens is 939 g/mol. The van der Waals surface area contributed by atoms with Crippen LogP contribution in [0.3, 0.4) is 0 Å². The number of H-pyrrole nitrogens is 1. The van der Waals surface area contributed by atoms with Crippen LogP contribution in [0, 0.1) is 58.7 Å². The Hall–Kier alpha value is -5.42. The molecule has 4 aromatic rings. The third-order valence-electron chi connectivity index (χ3n) is 20.5. The zero-order chi connectivity index (χ0) is 51.9. The number of phenolic OH excluding ortho intramolecular Hbond substituents is 1. The SMILES string of the molecule is CCNC[C@@H]1[C@@H]([C@H]2CC[C@@]3(C#C[C@H](C[C@H](O)[C@H](O)C[C@@H](C4=C(CC)CNC(N)=C4)c4ccc5ccccc5c4)c4cc(O)c(OC)cc4CCC3=O)[C@H](O)C2)C[C@@H]2CN[C@H]3CC(=O)[C@H]4CCc5c[nH]c6c5[C@H]4[C@@H]3[C@H]2[C@H]61. The van der Waals surface area contributed by atoms with Gasteiger partial charge in [-0.2, -0.15) is 0 Å². The van der Waals surface area contributed by atoms with Crippen molar-refractivity contribution >= 4 is 22.3 Å². The molecule has 12 nitrogen and oxygen atoms in total. The molecule has 0 amide bonds. The number of benzene rings is 3. The molecule has 16 atom stereocenters. The third kappa shape index (κ3) is 8.64. The van der Waals surface area contributed by atoms with Crippen LogP contribution in [0.15, 0.2) is 83.8 Å². The molecule has 8 aliphatic rings. The Kier molecular flexibility index (Phi) is 13.6. The van der Waals surface area contributed by atoms with Crippen LogP contribution in [0.2, 0.25) is 0 Å². The lowest BCUT2D eigenvalue weighted by Gasteiger charge is -2.63. The van der Waals surface area contributed by atoms with Crippen molar-refractivity contribution in [3.63, 3.8) is 0 Å². The van der Waals surface area contributed by atoms with E-state index in [4.69, 9.17) is 10.5 Å². The maximum Gasteiger partial charge on any atom is 0.160 e. The van der Waals surface area contributed by atoms with Gasteiger partial charge in [-0.15, -0.1) is 0 Å². The van der Waals surface area contributed by atoms with Crippen LogP contribution in [0.4, 0.5) is 0 Å². The zero-order valence-corrected chi connectivity index (χ0v) is 43.9. The number of piperidine rings is 1. The number of nitrogens with one attached hydrogen (secondary N) is 4. The van der Waals surface area contributed by atoms with Gasteiger partial charge in [-0.05, 0) is 187 Å². The molecule has 6 aliphatic carbocycles. The quantitative estimate of drug-likeness (QED) is 0.0601. The Morgan fingerprint density at radius 2 is 1.79 bits per heavy atom. The fourth-order valence-corrected chi connectivity index (χ4v) is 16.9. The fraction of sp³-hybridized carbons (Fsp3) is 0.556. The molecule has 0 bridgehead atoms. The first kappa shape index (κ1) is 50.4. The Labute approximate surface area is 441 Å². The molecule has 3 saturated carbocycles. The van der Waals surface area contributed by atoms with Gasteiger partial charge in [-0.1, -0.05) is 68.2 Å². The van der Waals surface area contributed by atoms with Gasteiger partial charge in [0.05, 0.1) is 31.2 Å². The molecule has 10 N–H and O–H groups in total. The number of nitrogens with two attached hydrogens (primary N) is 1. The predicted molar refractivity (Wildman–Crippen MR) is 290 cm³/mol. The highest BCUT2D eigenvalue weighted by molar-refractivity contribution is 5.89. The summed E-state index contributed by atoms with van der Waals surface area (Å²) in [6.45, 7) is 7.54. The summed E-state index contributed by atoms with van der Waals surface area (Å²) < 4.78 is 5.58. The molecule has 0 radical (unpaired) electrons. The fourth-order valence-electron chi connectivity index (χ4n) is 16.9. The van der Waals surface area contributed by atoms with E-state index in [2.05, 4.69) is 83.2 Å². The number of methoxy groups -OCH3 is 1. The molecule has 4 fully saturated rings. The van der Waals surface area contributed by atoms with Gasteiger partial charge in [0.25, 0.3) is 0 Å². The lowest BCUT2D eigenvalue weighted by atomic mass is 9.44. The number of aryl methyl sites for hydroxylation is 2.